The maximum atomic E-state index is 12.1. The van der Waals surface area contributed by atoms with Crippen LogP contribution in [0.15, 0.2) is 21.5 Å². The highest BCUT2D eigenvalue weighted by Gasteiger charge is 2.30. The first-order valence-corrected chi connectivity index (χ1v) is 7.81. The number of nitrogens with zero attached hydrogens (tertiary/aromatic N) is 1. The lowest BCUT2D eigenvalue weighted by atomic mass is 10.2. The number of phenols is 1. The number of rotatable bonds is 3. The molecule has 20 heavy (non-hydrogen) atoms. The number of ether oxygens (including phenoxy) is 1. The molecule has 1 fully saturated rings. The number of hydrogen-bond acceptors (Lipinski definition) is 5. The van der Waals surface area contributed by atoms with Crippen LogP contribution in [0.4, 0.5) is 0 Å². The van der Waals surface area contributed by atoms with E-state index >= 15 is 0 Å². The van der Waals surface area contributed by atoms with Gasteiger partial charge in [-0.15, -0.1) is 0 Å². The van der Waals surface area contributed by atoms with Crippen molar-refractivity contribution in [2.45, 2.75) is 6.92 Å². The first kappa shape index (κ1) is 15.3. The Hall–Kier alpha value is -1.05. The second-order valence-corrected chi connectivity index (χ2v) is 6.50. The monoisotopic (exact) mass is 373 g/mol. The maximum absolute atomic E-state index is 12.1. The van der Waals surface area contributed by atoms with Crippen LogP contribution in [0.5, 0.6) is 11.5 Å². The van der Waals surface area contributed by atoms with Crippen molar-refractivity contribution < 1.29 is 14.6 Å². The van der Waals surface area contributed by atoms with Gasteiger partial charge in [0.2, 0.25) is 0 Å². The van der Waals surface area contributed by atoms with E-state index in [0.29, 0.717) is 27.1 Å². The zero-order chi connectivity index (χ0) is 14.9. The molecule has 1 aliphatic rings. The topological polar surface area (TPSA) is 49.8 Å². The number of benzene rings is 1. The Bertz CT molecular complexity index is 616. The third kappa shape index (κ3) is 2.84. The number of thioether (sulfide) groups is 1. The Morgan fingerprint density at radius 1 is 1.55 bits per heavy atom. The second-order valence-electron chi connectivity index (χ2n) is 3.97. The molecule has 0 atom stereocenters. The second kappa shape index (κ2) is 6.15. The molecule has 1 amide bonds. The van der Waals surface area contributed by atoms with Gasteiger partial charge in [-0.2, -0.15) is 0 Å². The number of carbonyl (C=O) groups is 1. The minimum Gasteiger partial charge on any atom is -0.504 e. The molecule has 7 heteroatoms. The van der Waals surface area contributed by atoms with Crippen LogP contribution in [-0.2, 0) is 4.79 Å². The van der Waals surface area contributed by atoms with Crippen LogP contribution in [0.2, 0.25) is 0 Å². The largest absolute Gasteiger partial charge is 0.504 e. The quantitative estimate of drug-likeness (QED) is 0.649. The van der Waals surface area contributed by atoms with E-state index in [-0.39, 0.29) is 11.7 Å². The van der Waals surface area contributed by atoms with Crippen molar-refractivity contribution in [3.05, 3.63) is 27.1 Å². The molecule has 0 bridgehead atoms. The minimum atomic E-state index is -0.107. The zero-order valence-electron chi connectivity index (χ0n) is 10.8. The SMILES string of the molecule is CCN1C(=O)C(=Cc2cc(O)c(OC)cc2Br)SC1=S. The molecular weight excluding hydrogens is 362 g/mol. The molecule has 106 valence electrons. The number of methoxy groups -OCH3 is 1. The van der Waals surface area contributed by atoms with Crippen molar-refractivity contribution in [2.24, 2.45) is 0 Å². The van der Waals surface area contributed by atoms with E-state index in [4.69, 9.17) is 17.0 Å². The number of phenolic OH excluding ortho intramolecular Hbond substituents is 1. The van der Waals surface area contributed by atoms with E-state index in [9.17, 15) is 9.90 Å². The molecule has 1 N–H and O–H groups in total. The molecule has 0 unspecified atom stereocenters. The molecule has 0 spiro atoms. The van der Waals surface area contributed by atoms with E-state index in [0.717, 1.165) is 4.47 Å². The summed E-state index contributed by atoms with van der Waals surface area (Å²) >= 11 is 9.81. The molecule has 1 saturated heterocycles. The predicted molar refractivity (Wildman–Crippen MR) is 87.9 cm³/mol. The van der Waals surface area contributed by atoms with Gasteiger partial charge in [0.25, 0.3) is 5.91 Å². The van der Waals surface area contributed by atoms with Crippen molar-refractivity contribution in [3.63, 3.8) is 0 Å². The van der Waals surface area contributed by atoms with E-state index < -0.39 is 0 Å². The summed E-state index contributed by atoms with van der Waals surface area (Å²) in [4.78, 5) is 14.2. The van der Waals surface area contributed by atoms with Crippen molar-refractivity contribution in [2.75, 3.05) is 13.7 Å². The van der Waals surface area contributed by atoms with Gasteiger partial charge in [0, 0.05) is 11.0 Å². The fraction of sp³-hybridized carbons (Fsp3) is 0.231. The lowest BCUT2D eigenvalue weighted by molar-refractivity contribution is -0.121. The van der Waals surface area contributed by atoms with E-state index in [1.165, 1.54) is 18.9 Å². The average molecular weight is 374 g/mol. The van der Waals surface area contributed by atoms with Gasteiger partial charge >= 0.3 is 0 Å². The molecule has 0 aliphatic carbocycles. The summed E-state index contributed by atoms with van der Waals surface area (Å²) in [5.74, 6) is 0.285. The fourth-order valence-corrected chi connectivity index (χ4v) is 3.56. The summed E-state index contributed by atoms with van der Waals surface area (Å²) in [7, 11) is 1.48. The fourth-order valence-electron chi connectivity index (χ4n) is 1.75. The normalized spacial score (nSPS) is 17.1. The number of carbonyl (C=O) groups excluding carboxylic acids is 1. The number of hydrogen-bond donors (Lipinski definition) is 1. The summed E-state index contributed by atoms with van der Waals surface area (Å²) in [5.41, 5.74) is 0.694. The first-order valence-electron chi connectivity index (χ1n) is 5.79. The van der Waals surface area contributed by atoms with Gasteiger partial charge in [0.15, 0.2) is 11.5 Å². The zero-order valence-corrected chi connectivity index (χ0v) is 14.1. The molecule has 1 heterocycles. The van der Waals surface area contributed by atoms with Crippen LogP contribution in [0.25, 0.3) is 6.08 Å². The third-order valence-corrected chi connectivity index (χ3v) is 4.84. The molecule has 2 rings (SSSR count). The molecule has 0 aromatic heterocycles. The summed E-state index contributed by atoms with van der Waals surface area (Å²) in [6.45, 7) is 2.43. The molecule has 4 nitrogen and oxygen atoms in total. The summed E-state index contributed by atoms with van der Waals surface area (Å²) in [5, 5.41) is 9.80. The van der Waals surface area contributed by atoms with Gasteiger partial charge in [-0.1, -0.05) is 39.9 Å². The Labute approximate surface area is 134 Å². The minimum absolute atomic E-state index is 0.0212. The Morgan fingerprint density at radius 2 is 2.25 bits per heavy atom. The summed E-state index contributed by atoms with van der Waals surface area (Å²) in [6, 6.07) is 3.20. The van der Waals surface area contributed by atoms with Gasteiger partial charge in [-0.05, 0) is 30.7 Å². The van der Waals surface area contributed by atoms with Crippen molar-refractivity contribution in [3.8, 4) is 11.5 Å². The predicted octanol–water partition coefficient (Wildman–Crippen LogP) is 3.38. The highest BCUT2D eigenvalue weighted by molar-refractivity contribution is 9.10. The third-order valence-electron chi connectivity index (χ3n) is 2.77. The Kier molecular flexibility index (Phi) is 4.72. The van der Waals surface area contributed by atoms with Crippen LogP contribution in [0.3, 0.4) is 0 Å². The van der Waals surface area contributed by atoms with Crippen LogP contribution >= 0.6 is 39.9 Å². The molecular formula is C13H12BrNO3S2. The lowest BCUT2D eigenvalue weighted by Crippen LogP contribution is -2.27. The van der Waals surface area contributed by atoms with Crippen LogP contribution in [0.1, 0.15) is 12.5 Å². The van der Waals surface area contributed by atoms with E-state index in [1.807, 2.05) is 6.92 Å². The molecule has 1 aromatic rings. The van der Waals surface area contributed by atoms with Gasteiger partial charge in [-0.25, -0.2) is 0 Å². The standard InChI is InChI=1S/C13H12BrNO3S2/c1-3-15-12(17)11(20-13(15)19)5-7-4-9(16)10(18-2)6-8(7)14/h4-6,16H,3H2,1-2H3. The molecule has 0 saturated carbocycles. The van der Waals surface area contributed by atoms with Crippen molar-refractivity contribution in [1.29, 1.82) is 0 Å². The molecule has 1 aromatic carbocycles. The highest BCUT2D eigenvalue weighted by atomic mass is 79.9. The highest BCUT2D eigenvalue weighted by Crippen LogP contribution is 2.37. The van der Waals surface area contributed by atoms with Crippen LogP contribution in [0, 0.1) is 0 Å². The summed E-state index contributed by atoms with van der Waals surface area (Å²) < 4.78 is 6.31. The van der Waals surface area contributed by atoms with Crippen molar-refractivity contribution in [1.82, 2.24) is 4.90 Å². The number of thiocarbonyl (C=S) groups is 1. The van der Waals surface area contributed by atoms with Crippen molar-refractivity contribution >= 4 is 56.2 Å². The number of amides is 1. The first-order chi connectivity index (χ1) is 9.47. The number of halogens is 1. The Balaban J connectivity index is 2.39. The average Bonchev–Trinajstić information content (AvgIpc) is 2.68. The molecule has 1 aliphatic heterocycles. The lowest BCUT2D eigenvalue weighted by Gasteiger charge is -2.09. The van der Waals surface area contributed by atoms with Crippen LogP contribution in [-0.4, -0.2) is 33.9 Å². The van der Waals surface area contributed by atoms with Gasteiger partial charge < -0.3 is 9.84 Å². The number of likely N-dealkylation sites (N-methyl/N-ethyl adjacent to an activating group) is 1. The van der Waals surface area contributed by atoms with E-state index in [1.54, 1.807) is 23.1 Å². The van der Waals surface area contributed by atoms with Crippen LogP contribution < -0.4 is 4.74 Å². The van der Waals surface area contributed by atoms with Gasteiger partial charge in [-0.3, -0.25) is 9.69 Å². The maximum Gasteiger partial charge on any atom is 0.266 e. The summed E-state index contributed by atoms with van der Waals surface area (Å²) in [6.07, 6.45) is 1.71. The number of aromatic hydroxyl groups is 1. The van der Waals surface area contributed by atoms with E-state index in [2.05, 4.69) is 15.9 Å². The Morgan fingerprint density at radius 3 is 2.80 bits per heavy atom. The van der Waals surface area contributed by atoms with Gasteiger partial charge in [0.05, 0.1) is 12.0 Å². The molecule has 0 radical (unpaired) electrons. The van der Waals surface area contributed by atoms with Gasteiger partial charge in [0.1, 0.15) is 4.32 Å². The smallest absolute Gasteiger partial charge is 0.266 e.